The maximum atomic E-state index is 5.57. The number of thiophene rings is 1. The molecule has 5 nitrogen and oxygen atoms in total. The molecule has 3 rings (SSSR count). The van der Waals surface area contributed by atoms with Crippen LogP contribution in [0.2, 0.25) is 0 Å². The second kappa shape index (κ2) is 9.55. The van der Waals surface area contributed by atoms with E-state index in [2.05, 4.69) is 38.0 Å². The van der Waals surface area contributed by atoms with Gasteiger partial charge in [0.1, 0.15) is 0 Å². The van der Waals surface area contributed by atoms with Crippen LogP contribution in [-0.4, -0.2) is 62.8 Å². The third-order valence-electron chi connectivity index (χ3n) is 5.52. The van der Waals surface area contributed by atoms with E-state index in [0.29, 0.717) is 0 Å². The van der Waals surface area contributed by atoms with Gasteiger partial charge in [0.25, 0.3) is 0 Å². The van der Waals surface area contributed by atoms with Gasteiger partial charge in [-0.1, -0.05) is 25.3 Å². The summed E-state index contributed by atoms with van der Waals surface area (Å²) in [5.74, 6) is 0.926. The van der Waals surface area contributed by atoms with Crippen molar-refractivity contribution in [2.45, 2.75) is 44.1 Å². The second-order valence-electron chi connectivity index (χ2n) is 7.07. The standard InChI is InChI=1S/C19H32N4OS/c1-20-18(21-10-7-17-6-5-15-25-17)22-16-19(8-3-2-4-9-19)23-11-13-24-14-12-23/h5-6,15H,2-4,7-14,16H2,1H3,(H2,20,21,22). The monoisotopic (exact) mass is 364 g/mol. The van der Waals surface area contributed by atoms with Crippen LogP contribution in [0.25, 0.3) is 0 Å². The molecule has 25 heavy (non-hydrogen) atoms. The summed E-state index contributed by atoms with van der Waals surface area (Å²) >= 11 is 1.82. The molecule has 1 aromatic rings. The normalized spacial score (nSPS) is 21.9. The fourth-order valence-electron chi connectivity index (χ4n) is 4.08. The van der Waals surface area contributed by atoms with Crippen molar-refractivity contribution in [2.24, 2.45) is 4.99 Å². The van der Waals surface area contributed by atoms with Crippen LogP contribution in [-0.2, 0) is 11.2 Å². The summed E-state index contributed by atoms with van der Waals surface area (Å²) in [6.45, 7) is 5.76. The molecule has 1 aliphatic carbocycles. The average Bonchev–Trinajstić information content (AvgIpc) is 3.19. The Kier molecular flexibility index (Phi) is 7.13. The Hall–Kier alpha value is -1.11. The molecule has 1 aromatic heterocycles. The molecular formula is C19H32N4OS. The predicted octanol–water partition coefficient (Wildman–Crippen LogP) is 2.49. The van der Waals surface area contributed by atoms with Gasteiger partial charge in [0, 0.05) is 43.6 Å². The van der Waals surface area contributed by atoms with E-state index in [9.17, 15) is 0 Å². The SMILES string of the molecule is CN=C(NCCc1cccs1)NCC1(N2CCOCC2)CCCCC1. The smallest absolute Gasteiger partial charge is 0.191 e. The Morgan fingerprint density at radius 1 is 1.24 bits per heavy atom. The van der Waals surface area contributed by atoms with Gasteiger partial charge in [0.2, 0.25) is 0 Å². The van der Waals surface area contributed by atoms with Crippen molar-refractivity contribution in [2.75, 3.05) is 46.4 Å². The molecule has 0 aromatic carbocycles. The van der Waals surface area contributed by atoms with Crippen LogP contribution in [0.1, 0.15) is 37.0 Å². The van der Waals surface area contributed by atoms with Crippen LogP contribution in [0.4, 0.5) is 0 Å². The zero-order chi connectivity index (χ0) is 17.4. The van der Waals surface area contributed by atoms with Crippen LogP contribution in [0.5, 0.6) is 0 Å². The zero-order valence-corrected chi connectivity index (χ0v) is 16.2. The quantitative estimate of drug-likeness (QED) is 0.601. The first-order chi connectivity index (χ1) is 12.3. The Morgan fingerprint density at radius 2 is 2.04 bits per heavy atom. The number of aliphatic imine (C=N–C) groups is 1. The van der Waals surface area contributed by atoms with Crippen molar-refractivity contribution in [3.8, 4) is 0 Å². The van der Waals surface area contributed by atoms with E-state index >= 15 is 0 Å². The number of hydrogen-bond donors (Lipinski definition) is 2. The number of morpholine rings is 1. The average molecular weight is 365 g/mol. The molecule has 0 atom stereocenters. The highest BCUT2D eigenvalue weighted by molar-refractivity contribution is 7.09. The summed E-state index contributed by atoms with van der Waals surface area (Å²) < 4.78 is 5.57. The van der Waals surface area contributed by atoms with Crippen LogP contribution >= 0.6 is 11.3 Å². The number of rotatable bonds is 6. The van der Waals surface area contributed by atoms with Crippen molar-refractivity contribution in [1.82, 2.24) is 15.5 Å². The van der Waals surface area contributed by atoms with E-state index in [-0.39, 0.29) is 5.54 Å². The van der Waals surface area contributed by atoms with E-state index in [1.165, 1.54) is 37.0 Å². The molecule has 140 valence electrons. The molecule has 0 unspecified atom stereocenters. The van der Waals surface area contributed by atoms with Gasteiger partial charge in [-0.25, -0.2) is 0 Å². The highest BCUT2D eigenvalue weighted by Gasteiger charge is 2.38. The Morgan fingerprint density at radius 3 is 2.72 bits per heavy atom. The Bertz CT molecular complexity index is 520. The van der Waals surface area contributed by atoms with Crippen molar-refractivity contribution in [3.05, 3.63) is 22.4 Å². The minimum absolute atomic E-state index is 0.271. The number of nitrogens with one attached hydrogen (secondary N) is 2. The summed E-state index contributed by atoms with van der Waals surface area (Å²) in [6, 6.07) is 4.31. The Balaban J connectivity index is 1.51. The maximum absolute atomic E-state index is 5.57. The lowest BCUT2D eigenvalue weighted by molar-refractivity contribution is -0.0352. The number of hydrogen-bond acceptors (Lipinski definition) is 4. The van der Waals surface area contributed by atoms with Gasteiger partial charge in [-0.3, -0.25) is 9.89 Å². The number of ether oxygens (including phenoxy) is 1. The molecule has 6 heteroatoms. The van der Waals surface area contributed by atoms with Crippen molar-refractivity contribution < 1.29 is 4.74 Å². The first kappa shape index (κ1) is 18.7. The summed E-state index contributed by atoms with van der Waals surface area (Å²) in [5, 5.41) is 9.22. The molecule has 0 radical (unpaired) electrons. The Labute approximate surface area is 155 Å². The molecule has 2 fully saturated rings. The molecule has 1 saturated heterocycles. The van der Waals surface area contributed by atoms with Gasteiger partial charge in [0.15, 0.2) is 5.96 Å². The summed E-state index contributed by atoms with van der Waals surface area (Å²) in [6.07, 6.45) is 7.66. The van der Waals surface area contributed by atoms with Crippen molar-refractivity contribution >= 4 is 17.3 Å². The third kappa shape index (κ3) is 5.19. The first-order valence-electron chi connectivity index (χ1n) is 9.62. The molecule has 2 aliphatic rings. The topological polar surface area (TPSA) is 48.9 Å². The minimum Gasteiger partial charge on any atom is -0.379 e. The van der Waals surface area contributed by atoms with E-state index in [1.54, 1.807) is 0 Å². The highest BCUT2D eigenvalue weighted by atomic mass is 32.1. The fraction of sp³-hybridized carbons (Fsp3) is 0.737. The van der Waals surface area contributed by atoms with Crippen molar-refractivity contribution in [1.29, 1.82) is 0 Å². The van der Waals surface area contributed by atoms with Gasteiger partial charge in [-0.2, -0.15) is 0 Å². The second-order valence-corrected chi connectivity index (χ2v) is 8.10. The molecule has 2 heterocycles. The fourth-order valence-corrected chi connectivity index (χ4v) is 4.79. The van der Waals surface area contributed by atoms with Crippen LogP contribution in [0.3, 0.4) is 0 Å². The van der Waals surface area contributed by atoms with E-state index in [1.807, 2.05) is 18.4 Å². The summed E-state index contributed by atoms with van der Waals surface area (Å²) in [5.41, 5.74) is 0.271. The lowest BCUT2D eigenvalue weighted by Crippen LogP contribution is -2.60. The first-order valence-corrected chi connectivity index (χ1v) is 10.5. The van der Waals surface area contributed by atoms with E-state index in [0.717, 1.165) is 51.8 Å². The summed E-state index contributed by atoms with van der Waals surface area (Å²) in [4.78, 5) is 8.51. The van der Waals surface area contributed by atoms with Crippen LogP contribution in [0, 0.1) is 0 Å². The number of nitrogens with zero attached hydrogens (tertiary/aromatic N) is 2. The van der Waals surface area contributed by atoms with Crippen LogP contribution in [0.15, 0.2) is 22.5 Å². The van der Waals surface area contributed by atoms with Gasteiger partial charge in [0.05, 0.1) is 13.2 Å². The minimum atomic E-state index is 0.271. The highest BCUT2D eigenvalue weighted by Crippen LogP contribution is 2.33. The van der Waals surface area contributed by atoms with E-state index in [4.69, 9.17) is 4.74 Å². The van der Waals surface area contributed by atoms with Gasteiger partial charge in [-0.15, -0.1) is 11.3 Å². The molecule has 0 amide bonds. The third-order valence-corrected chi connectivity index (χ3v) is 6.45. The largest absolute Gasteiger partial charge is 0.379 e. The molecule has 1 saturated carbocycles. The van der Waals surface area contributed by atoms with Crippen LogP contribution < -0.4 is 10.6 Å². The summed E-state index contributed by atoms with van der Waals surface area (Å²) in [7, 11) is 1.86. The van der Waals surface area contributed by atoms with Gasteiger partial charge < -0.3 is 15.4 Å². The van der Waals surface area contributed by atoms with Crippen molar-refractivity contribution in [3.63, 3.8) is 0 Å². The molecule has 0 bridgehead atoms. The molecular weight excluding hydrogens is 332 g/mol. The van der Waals surface area contributed by atoms with E-state index < -0.39 is 0 Å². The lowest BCUT2D eigenvalue weighted by Gasteiger charge is -2.48. The molecule has 0 spiro atoms. The maximum Gasteiger partial charge on any atom is 0.191 e. The van der Waals surface area contributed by atoms with Gasteiger partial charge >= 0.3 is 0 Å². The molecule has 1 aliphatic heterocycles. The lowest BCUT2D eigenvalue weighted by atomic mass is 9.80. The van der Waals surface area contributed by atoms with Gasteiger partial charge in [-0.05, 0) is 30.7 Å². The molecule has 2 N–H and O–H groups in total. The zero-order valence-electron chi connectivity index (χ0n) is 15.4. The number of guanidine groups is 1. The predicted molar refractivity (Wildman–Crippen MR) is 106 cm³/mol.